The Hall–Kier alpha value is -3.16. The zero-order valence-electron chi connectivity index (χ0n) is 24.5. The smallest absolute Gasteiger partial charge is 0.157 e. The quantitative estimate of drug-likeness (QED) is 0.0729. The van der Waals surface area contributed by atoms with Gasteiger partial charge >= 0.3 is 0 Å². The van der Waals surface area contributed by atoms with E-state index in [4.69, 9.17) is 14.2 Å². The highest BCUT2D eigenvalue weighted by Gasteiger charge is 2.13. The minimum absolute atomic E-state index is 0.0459. The molecule has 0 saturated carbocycles. The van der Waals surface area contributed by atoms with E-state index in [2.05, 4.69) is 10.3 Å². The van der Waals surface area contributed by atoms with Crippen LogP contribution in [0, 0.1) is 0 Å². The maximum absolute atomic E-state index is 11.3. The number of rotatable bonds is 21. The topological polar surface area (TPSA) is 89.4 Å². The summed E-state index contributed by atoms with van der Waals surface area (Å²) in [7, 11) is 0. The van der Waals surface area contributed by atoms with E-state index in [1.165, 1.54) is 57.8 Å². The summed E-state index contributed by atoms with van der Waals surface area (Å²) in [6.07, 6.45) is 18.7. The molecule has 224 valence electrons. The molecule has 1 atom stereocenters. The fourth-order valence-corrected chi connectivity index (χ4v) is 4.70. The van der Waals surface area contributed by atoms with Gasteiger partial charge in [-0.25, -0.2) is 0 Å². The Morgan fingerprint density at radius 1 is 0.951 bits per heavy atom. The Labute approximate surface area is 246 Å². The zero-order chi connectivity index (χ0) is 28.8. The van der Waals surface area contributed by atoms with Gasteiger partial charge in [-0.2, -0.15) is 0 Å². The first-order valence-electron chi connectivity index (χ1n) is 15.4. The first-order valence-corrected chi connectivity index (χ1v) is 15.4. The molecule has 7 heteroatoms. The first kappa shape index (κ1) is 32.4. The lowest BCUT2D eigenvalue weighted by atomic mass is 10.1. The second-order valence-electron chi connectivity index (χ2n) is 10.5. The van der Waals surface area contributed by atoms with Crippen molar-refractivity contribution in [2.45, 2.75) is 83.3 Å². The highest BCUT2D eigenvalue weighted by atomic mass is 16.7. The predicted octanol–water partition coefficient (Wildman–Crippen LogP) is 7.07. The van der Waals surface area contributed by atoms with Gasteiger partial charge < -0.3 is 24.6 Å². The Morgan fingerprint density at radius 2 is 1.68 bits per heavy atom. The van der Waals surface area contributed by atoms with Crippen LogP contribution in [0.3, 0.4) is 0 Å². The molecule has 1 aliphatic rings. The van der Waals surface area contributed by atoms with E-state index < -0.39 is 0 Å². The summed E-state index contributed by atoms with van der Waals surface area (Å²) in [4.78, 5) is 15.7. The molecule has 0 aliphatic carbocycles. The number of aldehydes is 1. The van der Waals surface area contributed by atoms with Gasteiger partial charge in [-0.1, -0.05) is 75.3 Å². The lowest BCUT2D eigenvalue weighted by molar-refractivity contribution is -0.162. The second-order valence-corrected chi connectivity index (χ2v) is 10.5. The molecule has 1 aliphatic heterocycles. The number of phenols is 1. The predicted molar refractivity (Wildman–Crippen MR) is 166 cm³/mol. The molecule has 2 aromatic carbocycles. The van der Waals surface area contributed by atoms with Gasteiger partial charge in [0.15, 0.2) is 12.6 Å². The fraction of sp³-hybridized carbons (Fsp3) is 0.529. The van der Waals surface area contributed by atoms with E-state index in [9.17, 15) is 9.90 Å². The summed E-state index contributed by atoms with van der Waals surface area (Å²) in [5, 5.41) is 13.3. The van der Waals surface area contributed by atoms with Crippen molar-refractivity contribution in [3.63, 3.8) is 0 Å². The number of hydrogen-bond acceptors (Lipinski definition) is 7. The summed E-state index contributed by atoms with van der Waals surface area (Å²) in [6.45, 7) is 3.43. The van der Waals surface area contributed by atoms with Gasteiger partial charge in [-0.05, 0) is 55.9 Å². The molecule has 0 aromatic heterocycles. The number of carbonyl (C=O) groups excluding carboxylic acids is 1. The Balaban J connectivity index is 1.19. The second kappa shape index (κ2) is 20.7. The lowest BCUT2D eigenvalue weighted by Crippen LogP contribution is -2.22. The highest BCUT2D eigenvalue weighted by Crippen LogP contribution is 2.22. The fourth-order valence-electron chi connectivity index (χ4n) is 4.70. The minimum Gasteiger partial charge on any atom is -0.507 e. The van der Waals surface area contributed by atoms with E-state index in [1.807, 2.05) is 36.4 Å². The molecule has 1 fully saturated rings. The van der Waals surface area contributed by atoms with Gasteiger partial charge in [-0.3, -0.25) is 9.79 Å². The van der Waals surface area contributed by atoms with E-state index in [-0.39, 0.29) is 12.0 Å². The van der Waals surface area contributed by atoms with Gasteiger partial charge in [-0.15, -0.1) is 0 Å². The monoisotopic (exact) mass is 564 g/mol. The molecule has 0 bridgehead atoms. The molecule has 1 heterocycles. The van der Waals surface area contributed by atoms with Crippen LogP contribution >= 0.6 is 0 Å². The summed E-state index contributed by atoms with van der Waals surface area (Å²) < 4.78 is 17.3. The largest absolute Gasteiger partial charge is 0.507 e. The Bertz CT molecular complexity index is 1030. The van der Waals surface area contributed by atoms with E-state index in [0.717, 1.165) is 50.1 Å². The van der Waals surface area contributed by atoms with Gasteiger partial charge in [0.05, 0.1) is 13.2 Å². The van der Waals surface area contributed by atoms with Crippen molar-refractivity contribution in [3.05, 3.63) is 65.9 Å². The average Bonchev–Trinajstić information content (AvgIpc) is 3.01. The van der Waals surface area contributed by atoms with Crippen LogP contribution in [0.2, 0.25) is 0 Å². The van der Waals surface area contributed by atoms with E-state index in [0.29, 0.717) is 30.8 Å². The number of aromatic hydroxyl groups is 1. The normalized spacial score (nSPS) is 15.7. The van der Waals surface area contributed by atoms with Gasteiger partial charge in [0.2, 0.25) is 0 Å². The summed E-state index contributed by atoms with van der Waals surface area (Å²) >= 11 is 0. The molecule has 2 aromatic rings. The first-order chi connectivity index (χ1) is 20.3. The number of aliphatic imine (C=N–C) groups is 1. The van der Waals surface area contributed by atoms with Crippen LogP contribution in [0.25, 0.3) is 5.57 Å². The SMILES string of the molecule is O=C/C(=C\NCCN=Cc1cc(OCCCCCCCCCCCOC2CCCCO2)ccc1O)c1ccccc1. The van der Waals surface area contributed by atoms with Crippen molar-refractivity contribution < 1.29 is 24.1 Å². The number of nitrogens with one attached hydrogen (secondary N) is 1. The maximum Gasteiger partial charge on any atom is 0.157 e. The third kappa shape index (κ3) is 13.8. The van der Waals surface area contributed by atoms with Crippen molar-refractivity contribution in [1.29, 1.82) is 0 Å². The number of hydrogen-bond donors (Lipinski definition) is 2. The number of allylic oxidation sites excluding steroid dienone is 1. The molecule has 2 N–H and O–H groups in total. The Kier molecular flexibility index (Phi) is 16.3. The standard InChI is InChI=1S/C34H48N2O5/c37-28-31(29-15-9-8-10-16-29)27-36-21-20-35-26-30-25-32(18-19-33(30)38)39-22-12-6-4-2-1-3-5-7-13-23-40-34-17-11-14-24-41-34/h8-10,15-16,18-19,25-28,34,36,38H,1-7,11-14,17,20-24H2/b31-27+,35-26?. The van der Waals surface area contributed by atoms with Crippen LogP contribution in [0.4, 0.5) is 0 Å². The van der Waals surface area contributed by atoms with Crippen LogP contribution in [0.1, 0.15) is 88.2 Å². The van der Waals surface area contributed by atoms with Crippen LogP contribution < -0.4 is 10.1 Å². The molecule has 41 heavy (non-hydrogen) atoms. The number of ether oxygens (including phenoxy) is 3. The van der Waals surface area contributed by atoms with Crippen molar-refractivity contribution in [2.75, 3.05) is 32.9 Å². The molecule has 0 amide bonds. The van der Waals surface area contributed by atoms with Gasteiger partial charge in [0.1, 0.15) is 11.5 Å². The molecule has 1 unspecified atom stereocenters. The third-order valence-electron chi connectivity index (χ3n) is 7.11. The summed E-state index contributed by atoms with van der Waals surface area (Å²) in [5.74, 6) is 0.912. The molecule has 7 nitrogen and oxygen atoms in total. The van der Waals surface area contributed by atoms with Crippen molar-refractivity contribution >= 4 is 18.1 Å². The molecular weight excluding hydrogens is 516 g/mol. The van der Waals surface area contributed by atoms with Crippen molar-refractivity contribution in [2.24, 2.45) is 4.99 Å². The average molecular weight is 565 g/mol. The Morgan fingerprint density at radius 3 is 2.39 bits per heavy atom. The summed E-state index contributed by atoms with van der Waals surface area (Å²) in [5.41, 5.74) is 2.09. The van der Waals surface area contributed by atoms with Gasteiger partial charge in [0.25, 0.3) is 0 Å². The number of nitrogens with zero attached hydrogens (tertiary/aromatic N) is 1. The molecule has 0 spiro atoms. The number of unbranched alkanes of at least 4 members (excludes halogenated alkanes) is 8. The third-order valence-corrected chi connectivity index (χ3v) is 7.11. The van der Waals surface area contributed by atoms with Crippen LogP contribution in [-0.4, -0.2) is 56.8 Å². The van der Waals surface area contributed by atoms with Crippen molar-refractivity contribution in [1.82, 2.24) is 5.32 Å². The minimum atomic E-state index is 0.0459. The highest BCUT2D eigenvalue weighted by molar-refractivity contribution is 6.06. The van der Waals surface area contributed by atoms with Crippen LogP contribution in [-0.2, 0) is 14.3 Å². The van der Waals surface area contributed by atoms with Crippen LogP contribution in [0.5, 0.6) is 11.5 Å². The lowest BCUT2D eigenvalue weighted by Gasteiger charge is -2.22. The van der Waals surface area contributed by atoms with E-state index in [1.54, 1.807) is 24.5 Å². The molecule has 3 rings (SSSR count). The van der Waals surface area contributed by atoms with E-state index >= 15 is 0 Å². The molecular formula is C34H48N2O5. The molecule has 1 saturated heterocycles. The number of phenolic OH excluding ortho intramolecular Hbond substituents is 1. The molecule has 0 radical (unpaired) electrons. The maximum atomic E-state index is 11.3. The van der Waals surface area contributed by atoms with Gasteiger partial charge in [0, 0.05) is 43.3 Å². The number of benzene rings is 2. The number of carbonyl (C=O) groups is 1. The summed E-state index contributed by atoms with van der Waals surface area (Å²) in [6, 6.07) is 14.8. The van der Waals surface area contributed by atoms with Crippen LogP contribution in [0.15, 0.2) is 59.7 Å². The zero-order valence-corrected chi connectivity index (χ0v) is 24.5. The van der Waals surface area contributed by atoms with Crippen molar-refractivity contribution in [3.8, 4) is 11.5 Å².